The Hall–Kier alpha value is -1.40. The number of nitro groups is 1. The summed E-state index contributed by atoms with van der Waals surface area (Å²) in [6.45, 7) is 2.23. The van der Waals surface area contributed by atoms with Crippen LogP contribution in [0.3, 0.4) is 0 Å². The lowest BCUT2D eigenvalue weighted by molar-refractivity contribution is -0.528. The lowest BCUT2D eigenvalue weighted by atomic mass is 9.96. The van der Waals surface area contributed by atoms with Gasteiger partial charge in [0.05, 0.1) is 5.09 Å². The number of nitrogens with zero attached hydrogens (tertiary/aromatic N) is 2. The molecule has 124 valence electrons. The Bertz CT molecular complexity index is 295. The molecule has 0 radical (unpaired) electrons. The van der Waals surface area contributed by atoms with E-state index in [0.29, 0.717) is 5.92 Å². The average molecular weight is 303 g/mol. The van der Waals surface area contributed by atoms with Gasteiger partial charge in [-0.3, -0.25) is 10.1 Å². The van der Waals surface area contributed by atoms with Gasteiger partial charge < -0.3 is 15.3 Å². The van der Waals surface area contributed by atoms with Crippen molar-refractivity contribution in [1.29, 1.82) is 0 Å². The van der Waals surface area contributed by atoms with Crippen molar-refractivity contribution in [3.8, 4) is 0 Å². The van der Waals surface area contributed by atoms with Crippen molar-refractivity contribution in [2.75, 3.05) is 0 Å². The zero-order valence-electron chi connectivity index (χ0n) is 12.9. The summed E-state index contributed by atoms with van der Waals surface area (Å²) < 4.78 is 0. The molecule has 0 spiro atoms. The van der Waals surface area contributed by atoms with Gasteiger partial charge in [-0.2, -0.15) is 0 Å². The smallest absolute Gasteiger partial charge is 0.215 e. The number of rotatable bonds is 9. The van der Waals surface area contributed by atoms with Crippen LogP contribution < -0.4 is 0 Å². The summed E-state index contributed by atoms with van der Waals surface area (Å²) in [6, 6.07) is -0.227. The van der Waals surface area contributed by atoms with Gasteiger partial charge in [-0.05, 0) is 19.3 Å². The van der Waals surface area contributed by atoms with Crippen molar-refractivity contribution in [2.45, 2.75) is 83.6 Å². The van der Waals surface area contributed by atoms with Crippen LogP contribution in [0.15, 0.2) is 0 Å². The standard InChI is InChI=1S/C14H27NO2.NO3/c1-2-3-4-5-6-7-8-10-13-11-9-12-14(13)15(16)17;2-1(3)4/h13-14H,2-12H2,1H3;/q;-1. The van der Waals surface area contributed by atoms with Crippen LogP contribution >= 0.6 is 0 Å². The summed E-state index contributed by atoms with van der Waals surface area (Å²) >= 11 is 0. The Morgan fingerprint density at radius 1 is 0.905 bits per heavy atom. The first kappa shape index (κ1) is 19.6. The molecule has 1 fully saturated rings. The molecule has 1 saturated carbocycles. The highest BCUT2D eigenvalue weighted by Gasteiger charge is 2.35. The number of hydrogen-bond acceptors (Lipinski definition) is 5. The Morgan fingerprint density at radius 3 is 1.95 bits per heavy atom. The van der Waals surface area contributed by atoms with E-state index < -0.39 is 5.09 Å². The van der Waals surface area contributed by atoms with Crippen LogP contribution in [0.5, 0.6) is 0 Å². The van der Waals surface area contributed by atoms with Crippen LogP contribution in [0.25, 0.3) is 0 Å². The normalized spacial score (nSPS) is 20.6. The summed E-state index contributed by atoms with van der Waals surface area (Å²) in [7, 11) is 0. The maximum absolute atomic E-state index is 10.8. The number of hydrogen-bond donors (Lipinski definition) is 0. The summed E-state index contributed by atoms with van der Waals surface area (Å²) in [5.41, 5.74) is 0. The molecule has 0 amide bonds. The van der Waals surface area contributed by atoms with E-state index in [9.17, 15) is 10.1 Å². The topological polar surface area (TPSA) is 109 Å². The van der Waals surface area contributed by atoms with Crippen molar-refractivity contribution >= 4 is 0 Å². The van der Waals surface area contributed by atoms with Crippen molar-refractivity contribution in [1.82, 2.24) is 0 Å². The maximum Gasteiger partial charge on any atom is 0.215 e. The van der Waals surface area contributed by atoms with Gasteiger partial charge in [0.2, 0.25) is 6.04 Å². The molecule has 0 aromatic rings. The Labute approximate surface area is 126 Å². The molecular formula is C14H27N2O5-. The predicted molar refractivity (Wildman–Crippen MR) is 81.1 cm³/mol. The summed E-state index contributed by atoms with van der Waals surface area (Å²) in [6.07, 6.45) is 13.2. The molecule has 0 saturated heterocycles. The van der Waals surface area contributed by atoms with Crippen molar-refractivity contribution in [3.05, 3.63) is 25.4 Å². The van der Waals surface area contributed by atoms with Crippen LogP contribution in [-0.2, 0) is 0 Å². The third-order valence-corrected chi connectivity index (χ3v) is 4.07. The number of unbranched alkanes of at least 4 members (excludes halogenated alkanes) is 6. The van der Waals surface area contributed by atoms with E-state index in [4.69, 9.17) is 15.3 Å². The minimum absolute atomic E-state index is 0.0427. The molecule has 2 unspecified atom stereocenters. The van der Waals surface area contributed by atoms with Crippen LogP contribution in [-0.4, -0.2) is 16.1 Å². The van der Waals surface area contributed by atoms with Gasteiger partial charge in [-0.1, -0.05) is 51.9 Å². The molecular weight excluding hydrogens is 276 g/mol. The zero-order valence-corrected chi connectivity index (χ0v) is 12.9. The van der Waals surface area contributed by atoms with Crippen LogP contribution in [0, 0.1) is 31.4 Å². The second-order valence-electron chi connectivity index (χ2n) is 5.68. The van der Waals surface area contributed by atoms with E-state index in [1.165, 1.54) is 44.9 Å². The van der Waals surface area contributed by atoms with Gasteiger partial charge in [-0.25, -0.2) is 0 Å². The van der Waals surface area contributed by atoms with Crippen LogP contribution in [0.4, 0.5) is 0 Å². The predicted octanol–water partition coefficient (Wildman–Crippen LogP) is 4.33. The minimum Gasteiger partial charge on any atom is -0.356 e. The highest BCUT2D eigenvalue weighted by molar-refractivity contribution is 4.77. The third-order valence-electron chi connectivity index (χ3n) is 4.07. The summed E-state index contributed by atoms with van der Waals surface area (Å²) in [4.78, 5) is 19.0. The molecule has 0 aromatic heterocycles. The van der Waals surface area contributed by atoms with E-state index in [2.05, 4.69) is 6.92 Å². The molecule has 7 heteroatoms. The Balaban J connectivity index is 0.000000885. The third kappa shape index (κ3) is 11.0. The summed E-state index contributed by atoms with van der Waals surface area (Å²) in [5.74, 6) is 0.376. The minimum atomic E-state index is -1.75. The lowest BCUT2D eigenvalue weighted by Gasteiger charge is -2.12. The molecule has 21 heavy (non-hydrogen) atoms. The van der Waals surface area contributed by atoms with Gasteiger partial charge in [0.25, 0.3) is 0 Å². The largest absolute Gasteiger partial charge is 0.356 e. The quantitative estimate of drug-likeness (QED) is 0.357. The fourth-order valence-corrected chi connectivity index (χ4v) is 3.00. The first-order valence-corrected chi connectivity index (χ1v) is 7.94. The van der Waals surface area contributed by atoms with E-state index in [1.54, 1.807) is 0 Å². The van der Waals surface area contributed by atoms with E-state index in [1.807, 2.05) is 0 Å². The molecule has 1 aliphatic carbocycles. The van der Waals surface area contributed by atoms with Gasteiger partial charge in [0.1, 0.15) is 0 Å². The van der Waals surface area contributed by atoms with Crippen LogP contribution in [0.1, 0.15) is 77.6 Å². The van der Waals surface area contributed by atoms with Gasteiger partial charge in [0.15, 0.2) is 0 Å². The maximum atomic E-state index is 10.8. The highest BCUT2D eigenvalue weighted by Crippen LogP contribution is 2.31. The van der Waals surface area contributed by atoms with Gasteiger partial charge in [0, 0.05) is 17.3 Å². The lowest BCUT2D eigenvalue weighted by Crippen LogP contribution is -2.23. The first-order chi connectivity index (χ1) is 9.99. The van der Waals surface area contributed by atoms with Gasteiger partial charge >= 0.3 is 0 Å². The molecule has 1 rings (SSSR count). The summed E-state index contributed by atoms with van der Waals surface area (Å²) in [5, 5.41) is 25.6. The van der Waals surface area contributed by atoms with E-state index >= 15 is 0 Å². The Morgan fingerprint density at radius 2 is 1.43 bits per heavy atom. The second-order valence-corrected chi connectivity index (χ2v) is 5.68. The van der Waals surface area contributed by atoms with Gasteiger partial charge in [-0.15, -0.1) is 0 Å². The molecule has 0 N–H and O–H groups in total. The van der Waals surface area contributed by atoms with Crippen molar-refractivity contribution in [2.24, 2.45) is 5.92 Å². The second kappa shape index (κ2) is 12.3. The Kier molecular flexibility index (Phi) is 11.5. The fourth-order valence-electron chi connectivity index (χ4n) is 3.00. The van der Waals surface area contributed by atoms with Crippen molar-refractivity contribution in [3.63, 3.8) is 0 Å². The molecule has 0 bridgehead atoms. The highest BCUT2D eigenvalue weighted by atomic mass is 16.9. The molecule has 2 atom stereocenters. The molecule has 7 nitrogen and oxygen atoms in total. The SMILES string of the molecule is CCCCCCCCCC1CCCC1[N+](=O)[O-].O=[N+]([O-])[O-]. The molecule has 0 heterocycles. The zero-order chi connectivity index (χ0) is 16.1. The molecule has 0 aromatic carbocycles. The van der Waals surface area contributed by atoms with E-state index in [0.717, 1.165) is 25.7 Å². The monoisotopic (exact) mass is 303 g/mol. The van der Waals surface area contributed by atoms with Crippen molar-refractivity contribution < 1.29 is 10.0 Å². The molecule has 0 aliphatic heterocycles. The van der Waals surface area contributed by atoms with E-state index in [-0.39, 0.29) is 11.0 Å². The first-order valence-electron chi connectivity index (χ1n) is 7.94. The van der Waals surface area contributed by atoms with Crippen LogP contribution in [0.2, 0.25) is 0 Å². The molecule has 1 aliphatic rings. The average Bonchev–Trinajstić information content (AvgIpc) is 2.85. The fraction of sp³-hybridized carbons (Fsp3) is 1.00.